The fourth-order valence-corrected chi connectivity index (χ4v) is 3.68. The Morgan fingerprint density at radius 1 is 1.32 bits per heavy atom. The van der Waals surface area contributed by atoms with E-state index >= 15 is 8.78 Å². The highest BCUT2D eigenvalue weighted by molar-refractivity contribution is 5.99. The Labute approximate surface area is 160 Å². The molecule has 0 radical (unpaired) electrons. The summed E-state index contributed by atoms with van der Waals surface area (Å²) in [5, 5.41) is 9.20. The molecule has 1 aromatic rings. The molecule has 1 N–H and O–H groups in total. The Morgan fingerprint density at radius 3 is 2.54 bits per heavy atom. The van der Waals surface area contributed by atoms with Crippen molar-refractivity contribution in [1.82, 2.24) is 4.90 Å². The number of carboxylic acid groups (broad SMARTS) is 1. The number of hydrogen-bond acceptors (Lipinski definition) is 5. The van der Waals surface area contributed by atoms with Crippen LogP contribution < -0.4 is 4.74 Å². The van der Waals surface area contributed by atoms with Crippen molar-refractivity contribution >= 4 is 18.3 Å². The van der Waals surface area contributed by atoms with E-state index in [1.165, 1.54) is 6.07 Å². The third-order valence-corrected chi connectivity index (χ3v) is 5.07. The van der Waals surface area contributed by atoms with Gasteiger partial charge in [-0.15, -0.1) is 0 Å². The molecule has 1 fully saturated rings. The lowest BCUT2D eigenvalue weighted by molar-refractivity contribution is -0.132. The average molecular weight is 397 g/mol. The SMILES string of the molecule is CC(C)(C)OC(=O)N1CC[C@@]2(COc3c2ccc(C(=O)O)c3C=O)C(F)(F)C1. The van der Waals surface area contributed by atoms with Crippen molar-refractivity contribution in [2.45, 2.75) is 44.1 Å². The molecule has 1 aromatic carbocycles. The lowest BCUT2D eigenvalue weighted by Crippen LogP contribution is -2.60. The third-order valence-electron chi connectivity index (χ3n) is 5.07. The Kier molecular flexibility index (Phi) is 4.60. The van der Waals surface area contributed by atoms with Gasteiger partial charge < -0.3 is 19.5 Å². The number of hydrogen-bond donors (Lipinski definition) is 1. The zero-order valence-corrected chi connectivity index (χ0v) is 15.8. The van der Waals surface area contributed by atoms with Gasteiger partial charge in [0, 0.05) is 12.1 Å². The number of alkyl halides is 2. The van der Waals surface area contributed by atoms with Crippen LogP contribution in [0, 0.1) is 0 Å². The number of aromatic carboxylic acids is 1. The van der Waals surface area contributed by atoms with Gasteiger partial charge in [0.1, 0.15) is 18.0 Å². The number of benzene rings is 1. The second-order valence-electron chi connectivity index (χ2n) is 8.05. The van der Waals surface area contributed by atoms with Crippen LogP contribution in [0.5, 0.6) is 5.75 Å². The van der Waals surface area contributed by atoms with E-state index in [1.807, 2.05) is 0 Å². The number of carbonyl (C=O) groups is 3. The van der Waals surface area contributed by atoms with Crippen LogP contribution in [0.2, 0.25) is 0 Å². The highest BCUT2D eigenvalue weighted by atomic mass is 19.3. The highest BCUT2D eigenvalue weighted by Crippen LogP contribution is 2.53. The van der Waals surface area contributed by atoms with E-state index < -0.39 is 42.2 Å². The number of nitrogens with zero attached hydrogens (tertiary/aromatic N) is 1. The summed E-state index contributed by atoms with van der Waals surface area (Å²) in [6, 6.07) is 2.41. The number of rotatable bonds is 2. The lowest BCUT2D eigenvalue weighted by atomic mass is 9.71. The van der Waals surface area contributed by atoms with Crippen LogP contribution in [0.1, 0.15) is 53.5 Å². The largest absolute Gasteiger partial charge is 0.491 e. The summed E-state index contributed by atoms with van der Waals surface area (Å²) >= 11 is 0. The van der Waals surface area contributed by atoms with Crippen molar-refractivity contribution in [3.05, 3.63) is 28.8 Å². The maximum Gasteiger partial charge on any atom is 0.410 e. The first-order chi connectivity index (χ1) is 12.9. The van der Waals surface area contributed by atoms with Gasteiger partial charge in [0.2, 0.25) is 0 Å². The minimum Gasteiger partial charge on any atom is -0.491 e. The van der Waals surface area contributed by atoms with Crippen molar-refractivity contribution in [2.24, 2.45) is 0 Å². The molecule has 0 bridgehead atoms. The van der Waals surface area contributed by atoms with Crippen LogP contribution in [-0.4, -0.2) is 59.6 Å². The number of carbonyl (C=O) groups excluding carboxylic acids is 2. The van der Waals surface area contributed by atoms with Crippen LogP contribution in [0.3, 0.4) is 0 Å². The quantitative estimate of drug-likeness (QED) is 0.771. The summed E-state index contributed by atoms with van der Waals surface area (Å²) in [7, 11) is 0. The van der Waals surface area contributed by atoms with Crippen molar-refractivity contribution in [2.75, 3.05) is 19.7 Å². The highest BCUT2D eigenvalue weighted by Gasteiger charge is 2.62. The molecule has 0 aromatic heterocycles. The predicted octanol–water partition coefficient (Wildman–Crippen LogP) is 3.10. The molecule has 3 rings (SSSR count). The Bertz CT molecular complexity index is 848. The van der Waals surface area contributed by atoms with Crippen molar-refractivity contribution in [3.8, 4) is 5.75 Å². The van der Waals surface area contributed by atoms with E-state index in [4.69, 9.17) is 9.47 Å². The molecule has 1 amide bonds. The number of halogens is 2. The number of fused-ring (bicyclic) bond motifs is 2. The standard InChI is InChI=1S/C19H21F2NO6/c1-17(2,3)28-16(26)22-7-6-18(19(20,21)9-22)10-27-14-12(8-23)11(15(24)25)4-5-13(14)18/h4-5,8H,6-7,9-10H2,1-3H3,(H,24,25)/t18-/m0/s1. The van der Waals surface area contributed by atoms with Crippen LogP contribution >= 0.6 is 0 Å². The molecule has 28 heavy (non-hydrogen) atoms. The Hall–Kier alpha value is -2.71. The van der Waals surface area contributed by atoms with Gasteiger partial charge in [-0.05, 0) is 33.3 Å². The topological polar surface area (TPSA) is 93.1 Å². The van der Waals surface area contributed by atoms with Gasteiger partial charge in [0.15, 0.2) is 6.29 Å². The molecule has 0 saturated carbocycles. The molecule has 2 heterocycles. The van der Waals surface area contributed by atoms with Crippen molar-refractivity contribution in [1.29, 1.82) is 0 Å². The van der Waals surface area contributed by atoms with E-state index in [-0.39, 0.29) is 35.4 Å². The maximum absolute atomic E-state index is 15.2. The molecule has 7 nitrogen and oxygen atoms in total. The van der Waals surface area contributed by atoms with Gasteiger partial charge in [0.05, 0.1) is 23.1 Å². The van der Waals surface area contributed by atoms with Crippen molar-refractivity contribution < 1.29 is 37.7 Å². The molecule has 2 aliphatic heterocycles. The number of piperidine rings is 1. The summed E-state index contributed by atoms with van der Waals surface area (Å²) in [5.41, 5.74) is -3.02. The second kappa shape index (κ2) is 6.42. The Balaban J connectivity index is 1.95. The molecular formula is C19H21F2NO6. The monoisotopic (exact) mass is 397 g/mol. The van der Waals surface area contributed by atoms with Crippen LogP contribution in [-0.2, 0) is 10.2 Å². The minimum absolute atomic E-state index is 0.0183. The molecule has 1 saturated heterocycles. The first kappa shape index (κ1) is 20.0. The molecule has 1 spiro atoms. The number of likely N-dealkylation sites (tertiary alicyclic amines) is 1. The number of amides is 1. The smallest absolute Gasteiger partial charge is 0.410 e. The van der Waals surface area contributed by atoms with E-state index in [0.717, 1.165) is 11.0 Å². The third kappa shape index (κ3) is 3.08. The van der Waals surface area contributed by atoms with E-state index in [1.54, 1.807) is 20.8 Å². The van der Waals surface area contributed by atoms with Gasteiger partial charge in [-0.2, -0.15) is 0 Å². The van der Waals surface area contributed by atoms with Gasteiger partial charge in [0.25, 0.3) is 5.92 Å². The summed E-state index contributed by atoms with van der Waals surface area (Å²) in [6.07, 6.45) is -0.636. The lowest BCUT2D eigenvalue weighted by Gasteiger charge is -2.44. The van der Waals surface area contributed by atoms with E-state index in [9.17, 15) is 19.5 Å². The molecule has 9 heteroatoms. The summed E-state index contributed by atoms with van der Waals surface area (Å²) in [4.78, 5) is 35.8. The first-order valence-electron chi connectivity index (χ1n) is 8.76. The van der Waals surface area contributed by atoms with Gasteiger partial charge >= 0.3 is 12.1 Å². The number of ether oxygens (including phenoxy) is 2. The average Bonchev–Trinajstić information content (AvgIpc) is 2.95. The van der Waals surface area contributed by atoms with Gasteiger partial charge in [-0.3, -0.25) is 4.79 Å². The minimum atomic E-state index is -3.36. The molecule has 0 aliphatic carbocycles. The molecule has 1 atom stereocenters. The van der Waals surface area contributed by atoms with Crippen LogP contribution in [0.25, 0.3) is 0 Å². The first-order valence-corrected chi connectivity index (χ1v) is 8.76. The predicted molar refractivity (Wildman–Crippen MR) is 93.3 cm³/mol. The number of carboxylic acids is 1. The fourth-order valence-electron chi connectivity index (χ4n) is 3.68. The van der Waals surface area contributed by atoms with Crippen LogP contribution in [0.15, 0.2) is 12.1 Å². The molecule has 2 aliphatic rings. The summed E-state index contributed by atoms with van der Waals surface area (Å²) in [6.45, 7) is 3.71. The molecule has 0 unspecified atom stereocenters. The molecule has 152 valence electrons. The summed E-state index contributed by atoms with van der Waals surface area (Å²) < 4.78 is 41.1. The van der Waals surface area contributed by atoms with E-state index in [0.29, 0.717) is 6.29 Å². The fraction of sp³-hybridized carbons (Fsp3) is 0.526. The zero-order chi connectivity index (χ0) is 20.9. The number of aldehydes is 1. The Morgan fingerprint density at radius 2 is 2.00 bits per heavy atom. The maximum atomic E-state index is 15.2. The normalized spacial score (nSPS) is 23.1. The van der Waals surface area contributed by atoms with Crippen molar-refractivity contribution in [3.63, 3.8) is 0 Å². The zero-order valence-electron chi connectivity index (χ0n) is 15.8. The second-order valence-corrected chi connectivity index (χ2v) is 8.05. The van der Waals surface area contributed by atoms with Gasteiger partial charge in [-0.25, -0.2) is 18.4 Å². The molecular weight excluding hydrogens is 376 g/mol. The van der Waals surface area contributed by atoms with Gasteiger partial charge in [-0.1, -0.05) is 6.07 Å². The summed E-state index contributed by atoms with van der Waals surface area (Å²) in [5.74, 6) is -4.83. The van der Waals surface area contributed by atoms with E-state index in [2.05, 4.69) is 0 Å². The van der Waals surface area contributed by atoms with Crippen LogP contribution in [0.4, 0.5) is 13.6 Å².